The van der Waals surface area contributed by atoms with Crippen molar-refractivity contribution in [2.75, 3.05) is 39.5 Å². The molecule has 0 saturated carbocycles. The molecule has 5 heteroatoms. The minimum atomic E-state index is 0.100. The maximum absolute atomic E-state index is 8.95. The highest BCUT2D eigenvalue weighted by Crippen LogP contribution is 2.07. The van der Waals surface area contributed by atoms with E-state index in [2.05, 4.69) is 29.6 Å². The van der Waals surface area contributed by atoms with Crippen LogP contribution in [0.2, 0.25) is 0 Å². The maximum atomic E-state index is 8.95. The molecule has 5 nitrogen and oxygen atoms in total. The summed E-state index contributed by atoms with van der Waals surface area (Å²) in [6.45, 7) is 3.56. The van der Waals surface area contributed by atoms with E-state index in [4.69, 9.17) is 15.3 Å². The first-order valence-electron chi connectivity index (χ1n) is 6.63. The standard InChI is InChI=1S/C14H24N2O3/c17-8-5-15-11-13-1-3-14(4-2-13)12-16(6-9-18)7-10-19/h1-4,15,17-19H,5-12H2. The molecule has 0 aliphatic heterocycles. The average molecular weight is 268 g/mol. The van der Waals surface area contributed by atoms with Gasteiger partial charge in [-0.15, -0.1) is 0 Å². The highest BCUT2D eigenvalue weighted by atomic mass is 16.3. The van der Waals surface area contributed by atoms with Crippen LogP contribution >= 0.6 is 0 Å². The van der Waals surface area contributed by atoms with Crippen LogP contribution < -0.4 is 5.32 Å². The van der Waals surface area contributed by atoms with Crippen LogP contribution in [0.3, 0.4) is 0 Å². The van der Waals surface area contributed by atoms with Crippen molar-refractivity contribution >= 4 is 0 Å². The molecule has 0 radical (unpaired) electrons. The average Bonchev–Trinajstić information content (AvgIpc) is 2.42. The van der Waals surface area contributed by atoms with Crippen LogP contribution in [0.4, 0.5) is 0 Å². The highest BCUT2D eigenvalue weighted by molar-refractivity contribution is 5.22. The fourth-order valence-electron chi connectivity index (χ4n) is 1.89. The third kappa shape index (κ3) is 6.66. The van der Waals surface area contributed by atoms with E-state index in [1.165, 1.54) is 5.56 Å². The van der Waals surface area contributed by atoms with Gasteiger partial charge in [0.1, 0.15) is 0 Å². The molecule has 0 bridgehead atoms. The lowest BCUT2D eigenvalue weighted by molar-refractivity contribution is 0.156. The molecule has 0 spiro atoms. The summed E-state index contributed by atoms with van der Waals surface area (Å²) in [4.78, 5) is 2.01. The van der Waals surface area contributed by atoms with Gasteiger partial charge in [-0.25, -0.2) is 0 Å². The molecule has 0 aliphatic rings. The Morgan fingerprint density at radius 3 is 1.95 bits per heavy atom. The molecule has 108 valence electrons. The van der Waals surface area contributed by atoms with Crippen molar-refractivity contribution in [2.24, 2.45) is 0 Å². The Morgan fingerprint density at radius 2 is 1.42 bits per heavy atom. The second-order valence-corrected chi connectivity index (χ2v) is 4.44. The highest BCUT2D eigenvalue weighted by Gasteiger charge is 2.04. The number of rotatable bonds is 10. The van der Waals surface area contributed by atoms with Gasteiger partial charge in [-0.3, -0.25) is 4.90 Å². The molecule has 0 saturated heterocycles. The van der Waals surface area contributed by atoms with E-state index in [1.54, 1.807) is 0 Å². The van der Waals surface area contributed by atoms with E-state index < -0.39 is 0 Å². The van der Waals surface area contributed by atoms with Crippen LogP contribution in [0.15, 0.2) is 24.3 Å². The van der Waals surface area contributed by atoms with Crippen LogP contribution in [0.25, 0.3) is 0 Å². The summed E-state index contributed by atoms with van der Waals surface area (Å²) < 4.78 is 0. The molecule has 1 aromatic carbocycles. The summed E-state index contributed by atoms with van der Waals surface area (Å²) in [5.74, 6) is 0. The molecular weight excluding hydrogens is 244 g/mol. The quantitative estimate of drug-likeness (QED) is 0.433. The smallest absolute Gasteiger partial charge is 0.0558 e. The predicted molar refractivity (Wildman–Crippen MR) is 74.7 cm³/mol. The summed E-state index contributed by atoms with van der Waals surface area (Å²) in [6, 6.07) is 8.21. The molecule has 1 rings (SSSR count). The van der Waals surface area contributed by atoms with Gasteiger partial charge in [0, 0.05) is 32.7 Å². The fraction of sp³-hybridized carbons (Fsp3) is 0.571. The van der Waals surface area contributed by atoms with Crippen molar-refractivity contribution < 1.29 is 15.3 Å². The summed E-state index contributed by atoms with van der Waals surface area (Å²) in [5, 5.41) is 29.7. The van der Waals surface area contributed by atoms with Gasteiger partial charge >= 0.3 is 0 Å². The number of nitrogens with zero attached hydrogens (tertiary/aromatic N) is 1. The molecule has 0 fully saturated rings. The molecular formula is C14H24N2O3. The Hall–Kier alpha value is -0.980. The number of hydrogen-bond donors (Lipinski definition) is 4. The number of hydrogen-bond acceptors (Lipinski definition) is 5. The molecule has 0 aromatic heterocycles. The Labute approximate surface area is 114 Å². The number of aliphatic hydroxyl groups excluding tert-OH is 3. The Morgan fingerprint density at radius 1 is 0.842 bits per heavy atom. The third-order valence-electron chi connectivity index (χ3n) is 2.88. The van der Waals surface area contributed by atoms with Gasteiger partial charge < -0.3 is 20.6 Å². The lowest BCUT2D eigenvalue weighted by Gasteiger charge is -2.20. The van der Waals surface area contributed by atoms with E-state index in [0.29, 0.717) is 19.6 Å². The molecule has 0 heterocycles. The van der Waals surface area contributed by atoms with Crippen LogP contribution in [-0.4, -0.2) is 59.7 Å². The first-order valence-corrected chi connectivity index (χ1v) is 6.63. The van der Waals surface area contributed by atoms with Gasteiger partial charge in [0.05, 0.1) is 19.8 Å². The van der Waals surface area contributed by atoms with E-state index >= 15 is 0 Å². The van der Waals surface area contributed by atoms with Crippen molar-refractivity contribution in [2.45, 2.75) is 13.1 Å². The normalized spacial score (nSPS) is 11.2. The van der Waals surface area contributed by atoms with E-state index in [9.17, 15) is 0 Å². The molecule has 1 aromatic rings. The first-order chi connectivity index (χ1) is 9.30. The van der Waals surface area contributed by atoms with E-state index in [1.807, 2.05) is 4.90 Å². The van der Waals surface area contributed by atoms with Gasteiger partial charge in [-0.05, 0) is 11.1 Å². The monoisotopic (exact) mass is 268 g/mol. The summed E-state index contributed by atoms with van der Waals surface area (Å²) in [7, 11) is 0. The van der Waals surface area contributed by atoms with Crippen LogP contribution in [-0.2, 0) is 13.1 Å². The molecule has 4 N–H and O–H groups in total. The summed E-state index contributed by atoms with van der Waals surface area (Å²) in [6.07, 6.45) is 0. The van der Waals surface area contributed by atoms with Crippen LogP contribution in [0.1, 0.15) is 11.1 Å². The van der Waals surface area contributed by atoms with E-state index in [-0.39, 0.29) is 19.8 Å². The zero-order chi connectivity index (χ0) is 13.9. The first kappa shape index (κ1) is 16.1. The van der Waals surface area contributed by atoms with Crippen LogP contribution in [0.5, 0.6) is 0 Å². The molecule has 0 amide bonds. The summed E-state index contributed by atoms with van der Waals surface area (Å²) in [5.41, 5.74) is 2.33. The van der Waals surface area contributed by atoms with Gasteiger partial charge in [-0.1, -0.05) is 24.3 Å². The Balaban J connectivity index is 2.45. The van der Waals surface area contributed by atoms with E-state index in [0.717, 1.165) is 18.7 Å². The second kappa shape index (κ2) is 9.89. The van der Waals surface area contributed by atoms with Gasteiger partial charge in [0.2, 0.25) is 0 Å². The van der Waals surface area contributed by atoms with Gasteiger partial charge in [-0.2, -0.15) is 0 Å². The van der Waals surface area contributed by atoms with Gasteiger partial charge in [0.25, 0.3) is 0 Å². The van der Waals surface area contributed by atoms with Crippen molar-refractivity contribution in [3.8, 4) is 0 Å². The minimum Gasteiger partial charge on any atom is -0.395 e. The minimum absolute atomic E-state index is 0.100. The Kier molecular flexibility index (Phi) is 8.36. The van der Waals surface area contributed by atoms with Crippen molar-refractivity contribution in [1.29, 1.82) is 0 Å². The topological polar surface area (TPSA) is 76.0 Å². The Bertz CT molecular complexity index is 324. The zero-order valence-corrected chi connectivity index (χ0v) is 11.3. The molecule has 0 aliphatic carbocycles. The lowest BCUT2D eigenvalue weighted by Crippen LogP contribution is -2.29. The second-order valence-electron chi connectivity index (χ2n) is 4.44. The number of benzene rings is 1. The van der Waals surface area contributed by atoms with Crippen molar-refractivity contribution in [3.05, 3.63) is 35.4 Å². The molecule has 0 unspecified atom stereocenters. The summed E-state index contributed by atoms with van der Waals surface area (Å²) >= 11 is 0. The number of nitrogens with one attached hydrogen (secondary N) is 1. The maximum Gasteiger partial charge on any atom is 0.0558 e. The SMILES string of the molecule is OCCNCc1ccc(CN(CCO)CCO)cc1. The van der Waals surface area contributed by atoms with Gasteiger partial charge in [0.15, 0.2) is 0 Å². The third-order valence-corrected chi connectivity index (χ3v) is 2.88. The zero-order valence-electron chi connectivity index (χ0n) is 11.3. The van der Waals surface area contributed by atoms with Crippen molar-refractivity contribution in [1.82, 2.24) is 10.2 Å². The van der Waals surface area contributed by atoms with Crippen molar-refractivity contribution in [3.63, 3.8) is 0 Å². The molecule has 0 atom stereocenters. The fourth-order valence-corrected chi connectivity index (χ4v) is 1.89. The molecule has 19 heavy (non-hydrogen) atoms. The van der Waals surface area contributed by atoms with Crippen LogP contribution in [0, 0.1) is 0 Å². The largest absolute Gasteiger partial charge is 0.395 e. The number of aliphatic hydroxyl groups is 3. The lowest BCUT2D eigenvalue weighted by atomic mass is 10.1. The predicted octanol–water partition coefficient (Wildman–Crippen LogP) is -0.445.